The monoisotopic (exact) mass is 242 g/mol. The van der Waals surface area contributed by atoms with Crippen molar-refractivity contribution in [3.05, 3.63) is 47.5 Å². The average molecular weight is 242 g/mol. The summed E-state index contributed by atoms with van der Waals surface area (Å²) >= 11 is 0. The maximum absolute atomic E-state index is 12.3. The third kappa shape index (κ3) is 3.73. The standard InChI is InChI=1S/C13H13F3O/c1-3-9(2)8-12(17)10-4-6-11(7-5-10)13(14,15)16/h4-7H,2-3,8H2,1H3. The van der Waals surface area contributed by atoms with Crippen LogP contribution in [0, 0.1) is 0 Å². The molecule has 0 aromatic heterocycles. The second-order valence-corrected chi connectivity index (χ2v) is 3.78. The smallest absolute Gasteiger partial charge is 0.294 e. The van der Waals surface area contributed by atoms with Gasteiger partial charge in [0.05, 0.1) is 5.56 Å². The molecule has 0 unspecified atom stereocenters. The first-order valence-electron chi connectivity index (χ1n) is 5.21. The Bertz CT molecular complexity index is 415. The minimum Gasteiger partial charge on any atom is -0.294 e. The van der Waals surface area contributed by atoms with Crippen LogP contribution in [-0.4, -0.2) is 5.78 Å². The molecule has 0 fully saturated rings. The molecule has 0 bridgehead atoms. The predicted molar refractivity (Wildman–Crippen MR) is 59.8 cm³/mol. The summed E-state index contributed by atoms with van der Waals surface area (Å²) in [5, 5.41) is 0. The van der Waals surface area contributed by atoms with E-state index in [4.69, 9.17) is 0 Å². The van der Waals surface area contributed by atoms with E-state index in [1.54, 1.807) is 0 Å². The highest BCUT2D eigenvalue weighted by Gasteiger charge is 2.30. The Morgan fingerprint density at radius 3 is 2.18 bits per heavy atom. The van der Waals surface area contributed by atoms with Crippen LogP contribution in [0.3, 0.4) is 0 Å². The largest absolute Gasteiger partial charge is 0.416 e. The van der Waals surface area contributed by atoms with E-state index in [1.165, 1.54) is 12.1 Å². The zero-order valence-electron chi connectivity index (χ0n) is 9.47. The van der Waals surface area contributed by atoms with Crippen LogP contribution in [0.1, 0.15) is 35.7 Å². The maximum atomic E-state index is 12.3. The zero-order chi connectivity index (χ0) is 13.1. The lowest BCUT2D eigenvalue weighted by Gasteiger charge is -2.07. The summed E-state index contributed by atoms with van der Waals surface area (Å²) in [6, 6.07) is 4.24. The van der Waals surface area contributed by atoms with Crippen molar-refractivity contribution in [2.45, 2.75) is 25.9 Å². The van der Waals surface area contributed by atoms with Gasteiger partial charge in [-0.3, -0.25) is 4.79 Å². The van der Waals surface area contributed by atoms with Gasteiger partial charge in [0.15, 0.2) is 5.78 Å². The first kappa shape index (κ1) is 13.5. The summed E-state index contributed by atoms with van der Waals surface area (Å²) in [7, 11) is 0. The molecule has 1 nitrogen and oxygen atoms in total. The van der Waals surface area contributed by atoms with Gasteiger partial charge in [-0.05, 0) is 18.6 Å². The molecule has 0 aliphatic rings. The van der Waals surface area contributed by atoms with Crippen molar-refractivity contribution < 1.29 is 18.0 Å². The highest BCUT2D eigenvalue weighted by molar-refractivity contribution is 5.97. The molecule has 0 radical (unpaired) electrons. The number of allylic oxidation sites excluding steroid dienone is 1. The minimum absolute atomic E-state index is 0.182. The normalized spacial score (nSPS) is 11.3. The fourth-order valence-corrected chi connectivity index (χ4v) is 1.30. The number of Topliss-reactive ketones (excluding diaryl/α,β-unsaturated/α-hetero) is 1. The number of carbonyl (C=O) groups is 1. The number of alkyl halides is 3. The molecular weight excluding hydrogens is 229 g/mol. The SMILES string of the molecule is C=C(CC)CC(=O)c1ccc(C(F)(F)F)cc1. The molecule has 0 saturated heterocycles. The van der Waals surface area contributed by atoms with E-state index in [9.17, 15) is 18.0 Å². The van der Waals surface area contributed by atoms with Crippen molar-refractivity contribution in [2.24, 2.45) is 0 Å². The average Bonchev–Trinajstić information content (AvgIpc) is 2.27. The molecule has 17 heavy (non-hydrogen) atoms. The first-order chi connectivity index (χ1) is 7.84. The number of hydrogen-bond donors (Lipinski definition) is 0. The maximum Gasteiger partial charge on any atom is 0.416 e. The van der Waals surface area contributed by atoms with Crippen LogP contribution in [0.5, 0.6) is 0 Å². The fraction of sp³-hybridized carbons (Fsp3) is 0.308. The summed E-state index contributed by atoms with van der Waals surface area (Å²) in [6.07, 6.45) is -3.50. The van der Waals surface area contributed by atoms with E-state index >= 15 is 0 Å². The Kier molecular flexibility index (Phi) is 4.10. The molecule has 0 atom stereocenters. The number of carbonyl (C=O) groups excluding carboxylic acids is 1. The van der Waals surface area contributed by atoms with Gasteiger partial charge in [-0.2, -0.15) is 13.2 Å². The Morgan fingerprint density at radius 2 is 1.76 bits per heavy atom. The lowest BCUT2D eigenvalue weighted by molar-refractivity contribution is -0.137. The van der Waals surface area contributed by atoms with Crippen LogP contribution < -0.4 is 0 Å². The van der Waals surface area contributed by atoms with Gasteiger partial charge in [0.2, 0.25) is 0 Å². The van der Waals surface area contributed by atoms with E-state index in [-0.39, 0.29) is 17.8 Å². The zero-order valence-corrected chi connectivity index (χ0v) is 9.47. The van der Waals surface area contributed by atoms with Crippen molar-refractivity contribution in [3.8, 4) is 0 Å². The molecule has 92 valence electrons. The molecule has 0 spiro atoms. The minimum atomic E-state index is -4.37. The second kappa shape index (κ2) is 5.17. The van der Waals surface area contributed by atoms with Gasteiger partial charge >= 0.3 is 6.18 Å². The summed E-state index contributed by atoms with van der Waals surface area (Å²) < 4.78 is 36.9. The van der Waals surface area contributed by atoms with E-state index in [1.807, 2.05) is 6.92 Å². The van der Waals surface area contributed by atoms with Crippen molar-refractivity contribution in [1.29, 1.82) is 0 Å². The van der Waals surface area contributed by atoms with Crippen molar-refractivity contribution in [2.75, 3.05) is 0 Å². The van der Waals surface area contributed by atoms with E-state index in [0.29, 0.717) is 6.42 Å². The van der Waals surface area contributed by atoms with Crippen molar-refractivity contribution in [3.63, 3.8) is 0 Å². The predicted octanol–water partition coefficient (Wildman–Crippen LogP) is 4.24. The number of halogens is 3. The van der Waals surface area contributed by atoms with Gasteiger partial charge in [0.25, 0.3) is 0 Å². The molecular formula is C13H13F3O. The number of rotatable bonds is 4. The summed E-state index contributed by atoms with van der Waals surface area (Å²) in [6.45, 7) is 5.57. The summed E-state index contributed by atoms with van der Waals surface area (Å²) in [5.74, 6) is -0.203. The van der Waals surface area contributed by atoms with Gasteiger partial charge in [-0.15, -0.1) is 0 Å². The summed E-state index contributed by atoms with van der Waals surface area (Å²) in [4.78, 5) is 11.6. The topological polar surface area (TPSA) is 17.1 Å². The van der Waals surface area contributed by atoms with Gasteiger partial charge in [-0.1, -0.05) is 31.2 Å². The van der Waals surface area contributed by atoms with E-state index in [0.717, 1.165) is 17.7 Å². The molecule has 0 N–H and O–H groups in total. The fourth-order valence-electron chi connectivity index (χ4n) is 1.30. The Morgan fingerprint density at radius 1 is 1.24 bits per heavy atom. The van der Waals surface area contributed by atoms with Gasteiger partial charge in [0, 0.05) is 12.0 Å². The van der Waals surface area contributed by atoms with E-state index in [2.05, 4.69) is 6.58 Å². The quantitative estimate of drug-likeness (QED) is 0.570. The highest BCUT2D eigenvalue weighted by atomic mass is 19.4. The Balaban J connectivity index is 2.81. The summed E-state index contributed by atoms with van der Waals surface area (Å²) in [5.41, 5.74) is 0.311. The lowest BCUT2D eigenvalue weighted by atomic mass is 10.0. The van der Waals surface area contributed by atoms with Crippen molar-refractivity contribution in [1.82, 2.24) is 0 Å². The Hall–Kier alpha value is -1.58. The van der Waals surface area contributed by atoms with Crippen LogP contribution in [0.15, 0.2) is 36.4 Å². The molecule has 0 saturated carbocycles. The van der Waals surface area contributed by atoms with Crippen LogP contribution >= 0.6 is 0 Å². The molecule has 4 heteroatoms. The Labute approximate surface area is 98.0 Å². The third-order valence-electron chi connectivity index (χ3n) is 2.44. The second-order valence-electron chi connectivity index (χ2n) is 3.78. The molecule has 0 amide bonds. The lowest BCUT2D eigenvalue weighted by Crippen LogP contribution is -2.06. The van der Waals surface area contributed by atoms with Crippen LogP contribution in [0.25, 0.3) is 0 Å². The van der Waals surface area contributed by atoms with Gasteiger partial charge < -0.3 is 0 Å². The van der Waals surface area contributed by atoms with Crippen molar-refractivity contribution >= 4 is 5.78 Å². The third-order valence-corrected chi connectivity index (χ3v) is 2.44. The highest BCUT2D eigenvalue weighted by Crippen LogP contribution is 2.29. The number of hydrogen-bond acceptors (Lipinski definition) is 1. The molecule has 0 aliphatic heterocycles. The van der Waals surface area contributed by atoms with Gasteiger partial charge in [0.1, 0.15) is 0 Å². The van der Waals surface area contributed by atoms with Gasteiger partial charge in [-0.25, -0.2) is 0 Å². The van der Waals surface area contributed by atoms with Crippen LogP contribution in [0.4, 0.5) is 13.2 Å². The van der Waals surface area contributed by atoms with E-state index < -0.39 is 11.7 Å². The number of ketones is 1. The molecule has 1 aromatic carbocycles. The van der Waals surface area contributed by atoms with Crippen LogP contribution in [0.2, 0.25) is 0 Å². The molecule has 1 aromatic rings. The molecule has 0 aliphatic carbocycles. The number of benzene rings is 1. The van der Waals surface area contributed by atoms with Crippen LogP contribution in [-0.2, 0) is 6.18 Å². The first-order valence-corrected chi connectivity index (χ1v) is 5.21. The molecule has 0 heterocycles. The molecule has 1 rings (SSSR count).